The fourth-order valence-corrected chi connectivity index (χ4v) is 0. The van der Waals surface area contributed by atoms with E-state index < -0.39 is 7.82 Å². The van der Waals surface area contributed by atoms with Crippen LogP contribution in [0.1, 0.15) is 0 Å². The van der Waals surface area contributed by atoms with Gasteiger partial charge in [-0.25, -0.2) is 0 Å². The third-order valence-corrected chi connectivity index (χ3v) is 0. The SMILES string of the molecule is O=P([O-])([O-])[O-].[CH3][Mn+].[CH3][Mn+].[CH3][Mn+]. The maximum absolute atomic E-state index is 8.55. The molecule has 0 saturated carbocycles. The summed E-state index contributed by atoms with van der Waals surface area (Å²) in [4.78, 5) is 25.6. The van der Waals surface area contributed by atoms with E-state index in [4.69, 9.17) is 19.2 Å². The second-order valence-corrected chi connectivity index (χ2v) is 1.34. The fraction of sp³-hybridized carbons (Fsp3) is 1.00. The molecule has 0 heterocycles. The van der Waals surface area contributed by atoms with Gasteiger partial charge in [0.15, 0.2) is 0 Å². The molecule has 4 nitrogen and oxygen atoms in total. The van der Waals surface area contributed by atoms with Crippen LogP contribution >= 0.6 is 7.82 Å². The van der Waals surface area contributed by atoms with Crippen molar-refractivity contribution in [1.82, 2.24) is 0 Å². The predicted molar refractivity (Wildman–Crippen MR) is 25.2 cm³/mol. The van der Waals surface area contributed by atoms with Gasteiger partial charge in [0.1, 0.15) is 0 Å². The first-order chi connectivity index (χ1) is 5.00. The molecule has 0 unspecified atom stereocenters. The van der Waals surface area contributed by atoms with Gasteiger partial charge in [0.05, 0.1) is 0 Å². The Morgan fingerprint density at radius 3 is 0.818 bits per heavy atom. The summed E-state index contributed by atoms with van der Waals surface area (Å²) in [5, 5.41) is 0. The molecule has 0 aromatic rings. The molecule has 0 spiro atoms. The van der Waals surface area contributed by atoms with Gasteiger partial charge in [0.25, 0.3) is 0 Å². The van der Waals surface area contributed by atoms with E-state index in [1.807, 2.05) is 17.5 Å². The van der Waals surface area contributed by atoms with Crippen molar-refractivity contribution in [2.75, 3.05) is 0 Å². The van der Waals surface area contributed by atoms with Gasteiger partial charge in [-0.1, -0.05) is 0 Å². The molecular formula is C3H9Mn3O4P. The van der Waals surface area contributed by atoms with Crippen LogP contribution < -0.4 is 14.7 Å². The summed E-state index contributed by atoms with van der Waals surface area (Å²) < 4.78 is 8.55. The molecule has 8 heteroatoms. The van der Waals surface area contributed by atoms with E-state index in [1.165, 1.54) is 0 Å². The second-order valence-electron chi connectivity index (χ2n) is 0.447. The van der Waals surface area contributed by atoms with Crippen molar-refractivity contribution in [3.63, 3.8) is 0 Å². The Bertz CT molecular complexity index is 66.7. The van der Waals surface area contributed by atoms with E-state index >= 15 is 0 Å². The molecule has 0 rings (SSSR count). The van der Waals surface area contributed by atoms with E-state index in [-0.39, 0.29) is 0 Å². The molecule has 0 atom stereocenters. The molecule has 11 heavy (non-hydrogen) atoms. The van der Waals surface area contributed by atoms with Crippen molar-refractivity contribution in [2.24, 2.45) is 0 Å². The van der Waals surface area contributed by atoms with Crippen molar-refractivity contribution in [2.45, 2.75) is 17.5 Å². The summed E-state index contributed by atoms with van der Waals surface area (Å²) >= 11 is 8.81. The fourth-order valence-electron chi connectivity index (χ4n) is 0. The quantitative estimate of drug-likeness (QED) is 0.421. The average molecular weight is 305 g/mol. The van der Waals surface area contributed by atoms with E-state index in [2.05, 4.69) is 48.0 Å². The Morgan fingerprint density at radius 2 is 0.818 bits per heavy atom. The molecule has 0 aromatic heterocycles. The summed E-state index contributed by atoms with van der Waals surface area (Å²) in [6.07, 6.45) is 0. The zero-order valence-corrected chi connectivity index (χ0v) is 10.6. The first-order valence-electron chi connectivity index (χ1n) is 1.86. The topological polar surface area (TPSA) is 86.2 Å². The summed E-state index contributed by atoms with van der Waals surface area (Å²) in [6, 6.07) is 0. The van der Waals surface area contributed by atoms with E-state index in [9.17, 15) is 0 Å². The maximum atomic E-state index is 8.55. The van der Waals surface area contributed by atoms with Crippen LogP contribution in [0.4, 0.5) is 0 Å². The van der Waals surface area contributed by atoms with Crippen molar-refractivity contribution in [1.29, 1.82) is 0 Å². The van der Waals surface area contributed by atoms with Crippen LogP contribution in [0.25, 0.3) is 0 Å². The Kier molecular flexibility index (Phi) is 47.1. The van der Waals surface area contributed by atoms with Gasteiger partial charge in [0.2, 0.25) is 0 Å². The average Bonchev–Trinajstić information content (AvgIpc) is 1.96. The van der Waals surface area contributed by atoms with Crippen molar-refractivity contribution < 1.29 is 67.3 Å². The Balaban J connectivity index is -0.0000000350. The Labute approximate surface area is 92.2 Å². The van der Waals surface area contributed by atoms with Crippen molar-refractivity contribution in [3.8, 4) is 0 Å². The van der Waals surface area contributed by atoms with Crippen LogP contribution in [0.2, 0.25) is 17.5 Å². The number of rotatable bonds is 0. The zero-order valence-electron chi connectivity index (χ0n) is 6.21. The zero-order chi connectivity index (χ0) is 10.5. The van der Waals surface area contributed by atoms with E-state index in [0.29, 0.717) is 0 Å². The van der Waals surface area contributed by atoms with Gasteiger partial charge >= 0.3 is 65.5 Å². The molecule has 0 saturated heterocycles. The number of phosphoric acid groups is 1. The van der Waals surface area contributed by atoms with Crippen LogP contribution in [0, 0.1) is 0 Å². The predicted octanol–water partition coefficient (Wildman–Crippen LogP) is -1.08. The van der Waals surface area contributed by atoms with Crippen LogP contribution in [0.15, 0.2) is 0 Å². The molecular weight excluding hydrogens is 296 g/mol. The first-order valence-corrected chi connectivity index (χ1v) is 6.87. The van der Waals surface area contributed by atoms with Gasteiger partial charge < -0.3 is 19.2 Å². The van der Waals surface area contributed by atoms with Gasteiger partial charge in [-0.2, -0.15) is 7.82 Å². The Hall–Kier alpha value is 1.67. The van der Waals surface area contributed by atoms with Gasteiger partial charge in [-0.15, -0.1) is 0 Å². The molecule has 0 amide bonds. The molecule has 0 aliphatic carbocycles. The standard InChI is InChI=1S/3CH3.3Mn.H3O4P/c;;;;;;1-5(2,3)4/h3*1H3;;;;(H3,1,2,3,4)/q;;;3*+1;/p-3. The van der Waals surface area contributed by atoms with Gasteiger partial charge in [0, 0.05) is 0 Å². The molecule has 0 fully saturated rings. The summed E-state index contributed by atoms with van der Waals surface area (Å²) in [7, 11) is -5.39. The van der Waals surface area contributed by atoms with Gasteiger partial charge in [-0.05, 0) is 0 Å². The molecule has 0 aromatic carbocycles. The number of hydrogen-bond acceptors (Lipinski definition) is 4. The first kappa shape index (κ1) is 23.0. The third-order valence-electron chi connectivity index (χ3n) is 0. The van der Waals surface area contributed by atoms with Crippen molar-refractivity contribution >= 4 is 7.82 Å². The molecule has 0 N–H and O–H groups in total. The molecule has 0 aliphatic heterocycles. The van der Waals surface area contributed by atoms with Crippen molar-refractivity contribution in [3.05, 3.63) is 0 Å². The van der Waals surface area contributed by atoms with E-state index in [1.54, 1.807) is 0 Å². The minimum absolute atomic E-state index is 1.81. The summed E-state index contributed by atoms with van der Waals surface area (Å²) in [6.45, 7) is 0. The summed E-state index contributed by atoms with van der Waals surface area (Å²) in [5.74, 6) is 5.44. The van der Waals surface area contributed by atoms with Crippen LogP contribution in [0.3, 0.4) is 0 Å². The molecule has 0 radical (unpaired) electrons. The normalized spacial score (nSPS) is 6.73. The third kappa shape index (κ3) is 392. The van der Waals surface area contributed by atoms with Crippen LogP contribution in [-0.4, -0.2) is 0 Å². The van der Waals surface area contributed by atoms with Crippen LogP contribution in [-0.2, 0) is 52.6 Å². The summed E-state index contributed by atoms with van der Waals surface area (Å²) in [5.41, 5.74) is 0. The molecule has 0 aliphatic rings. The molecule has 71 valence electrons. The van der Waals surface area contributed by atoms with E-state index in [0.717, 1.165) is 0 Å². The second kappa shape index (κ2) is 22.6. The Morgan fingerprint density at radius 1 is 0.818 bits per heavy atom. The minimum atomic E-state index is -5.39. The van der Waals surface area contributed by atoms with Crippen LogP contribution in [0.5, 0.6) is 0 Å². The number of hydrogen-bond donors (Lipinski definition) is 0. The monoisotopic (exact) mass is 305 g/mol. The molecule has 0 bridgehead atoms. The van der Waals surface area contributed by atoms with Gasteiger partial charge in [-0.3, -0.25) is 0 Å².